The van der Waals surface area contributed by atoms with E-state index in [2.05, 4.69) is 5.32 Å². The zero-order valence-corrected chi connectivity index (χ0v) is 16.3. The van der Waals surface area contributed by atoms with Gasteiger partial charge in [0.15, 0.2) is 0 Å². The standard InChI is InChI=1S/C24H22N2O3/c1-28-20-12-8-18(9-13-20)25-22-16-23(17-6-4-3-5-7-17)26(24(22)27)19-10-14-21(29-2)15-11-19/h3-16,23,25H,1-2H3/t23-/m0/s1. The van der Waals surface area contributed by atoms with Gasteiger partial charge in [-0.05, 0) is 60.2 Å². The van der Waals surface area contributed by atoms with Crippen molar-refractivity contribution in [1.29, 1.82) is 0 Å². The highest BCUT2D eigenvalue weighted by Crippen LogP contribution is 2.36. The summed E-state index contributed by atoms with van der Waals surface area (Å²) in [6, 6.07) is 24.8. The zero-order valence-electron chi connectivity index (χ0n) is 16.3. The van der Waals surface area contributed by atoms with Gasteiger partial charge >= 0.3 is 0 Å². The Hall–Kier alpha value is -3.73. The van der Waals surface area contributed by atoms with Gasteiger partial charge in [0.2, 0.25) is 0 Å². The van der Waals surface area contributed by atoms with Gasteiger partial charge in [-0.15, -0.1) is 0 Å². The maximum atomic E-state index is 13.3. The number of hydrogen-bond donors (Lipinski definition) is 1. The average Bonchev–Trinajstić information content (AvgIpc) is 3.11. The maximum Gasteiger partial charge on any atom is 0.275 e. The monoisotopic (exact) mass is 386 g/mol. The number of amides is 1. The number of hydrogen-bond acceptors (Lipinski definition) is 4. The smallest absolute Gasteiger partial charge is 0.275 e. The summed E-state index contributed by atoms with van der Waals surface area (Å²) in [5, 5.41) is 3.25. The summed E-state index contributed by atoms with van der Waals surface area (Å²) in [6.45, 7) is 0. The van der Waals surface area contributed by atoms with Gasteiger partial charge in [0.1, 0.15) is 17.2 Å². The van der Waals surface area contributed by atoms with Gasteiger partial charge in [0.05, 0.1) is 20.3 Å². The van der Waals surface area contributed by atoms with Gasteiger partial charge in [-0.3, -0.25) is 9.69 Å². The number of rotatable bonds is 6. The Morgan fingerprint density at radius 3 is 1.97 bits per heavy atom. The highest BCUT2D eigenvalue weighted by Gasteiger charge is 2.34. The van der Waals surface area contributed by atoms with Crippen LogP contribution in [0.15, 0.2) is 90.6 Å². The van der Waals surface area contributed by atoms with Crippen LogP contribution in [0.2, 0.25) is 0 Å². The van der Waals surface area contributed by atoms with E-state index in [1.165, 1.54) is 0 Å². The number of methoxy groups -OCH3 is 2. The van der Waals surface area contributed by atoms with Crippen molar-refractivity contribution in [2.75, 3.05) is 24.4 Å². The van der Waals surface area contributed by atoms with Crippen LogP contribution in [0.1, 0.15) is 11.6 Å². The molecule has 1 amide bonds. The normalized spacial score (nSPS) is 15.8. The molecule has 29 heavy (non-hydrogen) atoms. The largest absolute Gasteiger partial charge is 0.497 e. The first-order valence-electron chi connectivity index (χ1n) is 9.35. The van der Waals surface area contributed by atoms with Crippen molar-refractivity contribution in [2.24, 2.45) is 0 Å². The molecule has 1 atom stereocenters. The van der Waals surface area contributed by atoms with Gasteiger partial charge in [0.25, 0.3) is 5.91 Å². The fraction of sp³-hybridized carbons (Fsp3) is 0.125. The molecular formula is C24H22N2O3. The van der Waals surface area contributed by atoms with Crippen molar-refractivity contribution >= 4 is 17.3 Å². The number of benzene rings is 3. The molecule has 5 nitrogen and oxygen atoms in total. The second-order valence-corrected chi connectivity index (χ2v) is 6.66. The van der Waals surface area contributed by atoms with Gasteiger partial charge in [-0.2, -0.15) is 0 Å². The topological polar surface area (TPSA) is 50.8 Å². The van der Waals surface area contributed by atoms with Crippen LogP contribution in [0.5, 0.6) is 11.5 Å². The van der Waals surface area contributed by atoms with Crippen molar-refractivity contribution in [1.82, 2.24) is 0 Å². The first-order valence-corrected chi connectivity index (χ1v) is 9.35. The highest BCUT2D eigenvalue weighted by molar-refractivity contribution is 6.11. The lowest BCUT2D eigenvalue weighted by molar-refractivity contribution is -0.114. The number of nitrogens with one attached hydrogen (secondary N) is 1. The van der Waals surface area contributed by atoms with Gasteiger partial charge in [-0.1, -0.05) is 30.3 Å². The van der Waals surface area contributed by atoms with E-state index < -0.39 is 0 Å². The lowest BCUT2D eigenvalue weighted by Gasteiger charge is -2.25. The molecule has 0 spiro atoms. The van der Waals surface area contributed by atoms with Crippen LogP contribution < -0.4 is 19.7 Å². The molecule has 0 bridgehead atoms. The van der Waals surface area contributed by atoms with Gasteiger partial charge in [-0.25, -0.2) is 0 Å². The summed E-state index contributed by atoms with van der Waals surface area (Å²) < 4.78 is 10.5. The predicted octanol–water partition coefficient (Wildman–Crippen LogP) is 4.79. The van der Waals surface area contributed by atoms with E-state index >= 15 is 0 Å². The van der Waals surface area contributed by atoms with Crippen LogP contribution in [-0.4, -0.2) is 20.1 Å². The van der Waals surface area contributed by atoms with E-state index in [-0.39, 0.29) is 11.9 Å². The minimum atomic E-state index is -0.196. The van der Waals surface area contributed by atoms with Crippen molar-refractivity contribution in [3.8, 4) is 11.5 Å². The van der Waals surface area contributed by atoms with E-state index in [1.807, 2.05) is 84.9 Å². The molecule has 4 rings (SSSR count). The van der Waals surface area contributed by atoms with E-state index in [0.717, 1.165) is 28.4 Å². The fourth-order valence-electron chi connectivity index (χ4n) is 3.40. The Balaban J connectivity index is 1.67. The molecule has 0 aliphatic carbocycles. The predicted molar refractivity (Wildman–Crippen MR) is 114 cm³/mol. The number of carbonyl (C=O) groups excluding carboxylic acids is 1. The first-order chi connectivity index (χ1) is 14.2. The van der Waals surface area contributed by atoms with Crippen molar-refractivity contribution in [2.45, 2.75) is 6.04 Å². The third kappa shape index (κ3) is 3.80. The van der Waals surface area contributed by atoms with Crippen LogP contribution in [0, 0.1) is 0 Å². The molecule has 0 saturated heterocycles. The van der Waals surface area contributed by atoms with Gasteiger partial charge in [0, 0.05) is 11.4 Å². The molecule has 3 aromatic rings. The summed E-state index contributed by atoms with van der Waals surface area (Å²) in [6.07, 6.45) is 1.96. The van der Waals surface area contributed by atoms with Crippen LogP contribution in [0.3, 0.4) is 0 Å². The Morgan fingerprint density at radius 1 is 0.793 bits per heavy atom. The number of anilines is 2. The average molecular weight is 386 g/mol. The fourth-order valence-corrected chi connectivity index (χ4v) is 3.40. The Morgan fingerprint density at radius 2 is 1.38 bits per heavy atom. The van der Waals surface area contributed by atoms with Crippen molar-refractivity contribution in [3.63, 3.8) is 0 Å². The minimum Gasteiger partial charge on any atom is -0.497 e. The molecule has 1 aliphatic heterocycles. The van der Waals surface area contributed by atoms with Crippen molar-refractivity contribution < 1.29 is 14.3 Å². The van der Waals surface area contributed by atoms with Crippen molar-refractivity contribution in [3.05, 3.63) is 96.2 Å². The quantitative estimate of drug-likeness (QED) is 0.662. The lowest BCUT2D eigenvalue weighted by atomic mass is 10.1. The van der Waals surface area contributed by atoms with Crippen LogP contribution in [0.4, 0.5) is 11.4 Å². The Kier molecular flexibility index (Phi) is 5.20. The summed E-state index contributed by atoms with van der Waals surface area (Å²) >= 11 is 0. The molecule has 5 heteroatoms. The number of nitrogens with zero attached hydrogens (tertiary/aromatic N) is 1. The van der Waals surface area contributed by atoms with Crippen LogP contribution in [0.25, 0.3) is 0 Å². The minimum absolute atomic E-state index is 0.0835. The molecule has 1 heterocycles. The van der Waals surface area contributed by atoms with E-state index in [9.17, 15) is 4.79 Å². The summed E-state index contributed by atoms with van der Waals surface area (Å²) in [7, 11) is 3.25. The summed E-state index contributed by atoms with van der Waals surface area (Å²) in [5.41, 5.74) is 3.23. The molecule has 1 N–H and O–H groups in total. The second kappa shape index (κ2) is 8.10. The summed E-state index contributed by atoms with van der Waals surface area (Å²) in [5.74, 6) is 1.44. The summed E-state index contributed by atoms with van der Waals surface area (Å²) in [4.78, 5) is 15.1. The third-order valence-corrected chi connectivity index (χ3v) is 4.91. The zero-order chi connectivity index (χ0) is 20.2. The number of carbonyl (C=O) groups is 1. The molecule has 3 aromatic carbocycles. The lowest BCUT2D eigenvalue weighted by Crippen LogP contribution is -2.30. The van der Waals surface area contributed by atoms with E-state index in [0.29, 0.717) is 5.70 Å². The molecule has 1 aliphatic rings. The molecule has 0 aromatic heterocycles. The SMILES string of the molecule is COc1ccc(NC2=C[C@@H](c3ccccc3)N(c3ccc(OC)cc3)C2=O)cc1. The van der Waals surface area contributed by atoms with E-state index in [1.54, 1.807) is 19.1 Å². The van der Waals surface area contributed by atoms with Crippen LogP contribution >= 0.6 is 0 Å². The molecule has 0 radical (unpaired) electrons. The van der Waals surface area contributed by atoms with Crippen LogP contribution in [-0.2, 0) is 4.79 Å². The molecular weight excluding hydrogens is 364 g/mol. The van der Waals surface area contributed by atoms with Gasteiger partial charge < -0.3 is 14.8 Å². The molecule has 0 fully saturated rings. The third-order valence-electron chi connectivity index (χ3n) is 4.91. The second-order valence-electron chi connectivity index (χ2n) is 6.66. The Bertz CT molecular complexity index is 1010. The molecule has 0 unspecified atom stereocenters. The maximum absolute atomic E-state index is 13.3. The van der Waals surface area contributed by atoms with E-state index in [4.69, 9.17) is 9.47 Å². The highest BCUT2D eigenvalue weighted by atomic mass is 16.5. The first kappa shape index (κ1) is 18.6. The number of ether oxygens (including phenoxy) is 2. The Labute approximate surface area is 170 Å². The molecule has 0 saturated carbocycles. The molecule has 146 valence electrons.